The fourth-order valence-corrected chi connectivity index (χ4v) is 15.5. The van der Waals surface area contributed by atoms with Crippen molar-refractivity contribution in [2.45, 2.75) is 93.9 Å². The molecule has 1 heterocycles. The van der Waals surface area contributed by atoms with Crippen molar-refractivity contribution in [3.63, 3.8) is 0 Å². The van der Waals surface area contributed by atoms with Gasteiger partial charge in [-0.15, -0.1) is 0 Å². The van der Waals surface area contributed by atoms with Crippen LogP contribution in [-0.4, -0.2) is 21.4 Å². The molecule has 0 aromatic rings. The van der Waals surface area contributed by atoms with Crippen LogP contribution in [0.3, 0.4) is 0 Å². The Morgan fingerprint density at radius 3 is 1.50 bits per heavy atom. The van der Waals surface area contributed by atoms with E-state index >= 15 is 0 Å². The molecule has 28 heavy (non-hydrogen) atoms. The molecule has 2 atom stereocenters. The molecule has 1 saturated heterocycles. The fourth-order valence-electron chi connectivity index (χ4n) is 12.0. The molecule has 1 aliphatic heterocycles. The zero-order valence-electron chi connectivity index (χ0n) is 17.3. The zero-order valence-corrected chi connectivity index (χ0v) is 19.0. The van der Waals surface area contributed by atoms with Crippen molar-refractivity contribution in [3.8, 4) is 0 Å². The topological polar surface area (TPSA) is 9.23 Å². The predicted octanol–water partition coefficient (Wildman–Crippen LogP) is 6.17. The minimum atomic E-state index is 0.421. The maximum absolute atomic E-state index is 6.85. The third-order valence-corrected chi connectivity index (χ3v) is 15.2. The fraction of sp³-hybridized carbons (Fsp3) is 0.923. The first kappa shape index (κ1) is 16.9. The van der Waals surface area contributed by atoms with Gasteiger partial charge in [-0.2, -0.15) is 0 Å². The number of rotatable bonds is 2. The number of fused-ring (bicyclic) bond motifs is 1. The van der Waals surface area contributed by atoms with Gasteiger partial charge in [-0.1, -0.05) is 0 Å². The summed E-state index contributed by atoms with van der Waals surface area (Å²) in [6, 6.07) is 0. The van der Waals surface area contributed by atoms with Crippen LogP contribution in [0.1, 0.15) is 83.5 Å². The van der Waals surface area contributed by atoms with Crippen LogP contribution in [0.5, 0.6) is 0 Å². The van der Waals surface area contributed by atoms with Gasteiger partial charge >= 0.3 is 177 Å². The molecule has 2 unspecified atom stereocenters. The van der Waals surface area contributed by atoms with E-state index in [4.69, 9.17) is 3.82 Å². The number of allylic oxidation sites excluding steroid dienone is 1. The Morgan fingerprint density at radius 2 is 1.07 bits per heavy atom. The van der Waals surface area contributed by atoms with Crippen molar-refractivity contribution < 1.29 is 3.82 Å². The summed E-state index contributed by atoms with van der Waals surface area (Å²) in [6.45, 7) is 0. The Bertz CT molecular complexity index is 622. The Morgan fingerprint density at radius 1 is 0.643 bits per heavy atom. The molecule has 1 nitrogen and oxygen atoms in total. The second kappa shape index (κ2) is 5.34. The average molecular weight is 444 g/mol. The Labute approximate surface area is 177 Å². The quantitative estimate of drug-likeness (QED) is 0.366. The molecule has 2 heteroatoms. The monoisotopic (exact) mass is 444 g/mol. The minimum absolute atomic E-state index is 0.421. The van der Waals surface area contributed by atoms with Crippen molar-refractivity contribution in [3.05, 3.63) is 12.2 Å². The molecule has 9 fully saturated rings. The zero-order chi connectivity index (χ0) is 18.1. The van der Waals surface area contributed by atoms with Gasteiger partial charge in [-0.25, -0.2) is 0 Å². The molecule has 9 aliphatic carbocycles. The van der Waals surface area contributed by atoms with Crippen molar-refractivity contribution in [2.24, 2.45) is 52.3 Å². The first-order valence-electron chi connectivity index (χ1n) is 12.7. The van der Waals surface area contributed by atoms with Gasteiger partial charge in [0.25, 0.3) is 0 Å². The van der Waals surface area contributed by atoms with E-state index in [-0.39, 0.29) is 0 Å². The van der Waals surface area contributed by atoms with Gasteiger partial charge < -0.3 is 0 Å². The molecule has 10 aliphatic rings. The SMILES string of the molecule is C1=CC2O[Se]C(C34CC5CC(CC(C5)C3)C4)(C34CC5CC(CC(C5)C3)C4)C2C1. The Hall–Kier alpha value is 0.219. The van der Waals surface area contributed by atoms with Gasteiger partial charge in [0, 0.05) is 0 Å². The second-order valence-corrected chi connectivity index (χ2v) is 15.2. The van der Waals surface area contributed by atoms with Gasteiger partial charge in [0.05, 0.1) is 0 Å². The van der Waals surface area contributed by atoms with Gasteiger partial charge in [-0.3, -0.25) is 0 Å². The molecule has 0 spiro atoms. The van der Waals surface area contributed by atoms with Crippen molar-refractivity contribution >= 4 is 15.3 Å². The van der Waals surface area contributed by atoms with Crippen LogP contribution in [0.2, 0.25) is 4.31 Å². The van der Waals surface area contributed by atoms with Crippen LogP contribution in [0.15, 0.2) is 12.2 Å². The van der Waals surface area contributed by atoms with E-state index in [0.29, 0.717) is 36.5 Å². The summed E-state index contributed by atoms with van der Waals surface area (Å²) < 4.78 is 7.44. The van der Waals surface area contributed by atoms with Crippen molar-refractivity contribution in [1.82, 2.24) is 0 Å². The molecule has 10 rings (SSSR count). The normalized spacial score (nSPS) is 65.4. The van der Waals surface area contributed by atoms with E-state index in [2.05, 4.69) is 12.2 Å². The second-order valence-electron chi connectivity index (χ2n) is 13.0. The molecule has 0 radical (unpaired) electrons. The molecule has 8 saturated carbocycles. The molecular weight excluding hydrogens is 407 g/mol. The van der Waals surface area contributed by atoms with Gasteiger partial charge in [0.1, 0.15) is 0 Å². The van der Waals surface area contributed by atoms with E-state index in [0.717, 1.165) is 41.4 Å². The molecular formula is C26H36OSe. The van der Waals surface area contributed by atoms with Crippen LogP contribution in [0, 0.1) is 52.3 Å². The van der Waals surface area contributed by atoms with E-state index in [1.165, 1.54) is 6.42 Å². The van der Waals surface area contributed by atoms with E-state index < -0.39 is 0 Å². The summed E-state index contributed by atoms with van der Waals surface area (Å²) >= 11 is 0.421. The number of hydrogen-bond donors (Lipinski definition) is 0. The van der Waals surface area contributed by atoms with Crippen LogP contribution >= 0.6 is 0 Å². The van der Waals surface area contributed by atoms with E-state index in [9.17, 15) is 0 Å². The third-order valence-electron chi connectivity index (χ3n) is 11.6. The molecule has 0 N–H and O–H groups in total. The molecule has 8 bridgehead atoms. The first-order valence-corrected chi connectivity index (χ1v) is 14.2. The molecule has 152 valence electrons. The van der Waals surface area contributed by atoms with Crippen LogP contribution < -0.4 is 0 Å². The van der Waals surface area contributed by atoms with Gasteiger partial charge in [-0.05, 0) is 0 Å². The van der Waals surface area contributed by atoms with Crippen LogP contribution in [0.25, 0.3) is 0 Å². The third kappa shape index (κ3) is 1.88. The van der Waals surface area contributed by atoms with E-state index in [1.807, 2.05) is 0 Å². The van der Waals surface area contributed by atoms with Gasteiger partial charge in [0.15, 0.2) is 0 Å². The van der Waals surface area contributed by atoms with Crippen LogP contribution in [0.4, 0.5) is 0 Å². The summed E-state index contributed by atoms with van der Waals surface area (Å²) in [5, 5.41) is 0. The first-order chi connectivity index (χ1) is 13.7. The Balaban J connectivity index is 1.32. The standard InChI is InChI=1S/C26H36OSe/c1-2-22-23(3-1)27-28-26(22,24-10-16-4-17(11-24)6-18(5-16)12-24)25-13-19-7-20(14-25)9-21(8-19)15-25/h1,3,16-23H,2,4-15H2. The maximum atomic E-state index is 6.85. The summed E-state index contributed by atoms with van der Waals surface area (Å²) in [6.07, 6.45) is 26.1. The molecule has 0 aromatic carbocycles. The molecule has 0 aromatic heterocycles. The molecule has 0 amide bonds. The van der Waals surface area contributed by atoms with Crippen molar-refractivity contribution in [2.75, 3.05) is 0 Å². The van der Waals surface area contributed by atoms with Crippen molar-refractivity contribution in [1.29, 1.82) is 0 Å². The Kier molecular flexibility index (Phi) is 3.21. The summed E-state index contributed by atoms with van der Waals surface area (Å²) in [5.41, 5.74) is 1.36. The summed E-state index contributed by atoms with van der Waals surface area (Å²) in [4.78, 5) is 0. The predicted molar refractivity (Wildman–Crippen MR) is 112 cm³/mol. The average Bonchev–Trinajstić information content (AvgIpc) is 3.21. The summed E-state index contributed by atoms with van der Waals surface area (Å²) in [7, 11) is 0. The summed E-state index contributed by atoms with van der Waals surface area (Å²) in [5.74, 6) is 7.37. The van der Waals surface area contributed by atoms with Crippen LogP contribution in [-0.2, 0) is 3.82 Å². The van der Waals surface area contributed by atoms with E-state index in [1.54, 1.807) is 77.0 Å². The number of hydrogen-bond acceptors (Lipinski definition) is 1. The van der Waals surface area contributed by atoms with Gasteiger partial charge in [0.2, 0.25) is 0 Å².